The summed E-state index contributed by atoms with van der Waals surface area (Å²) in [5.74, 6) is 0.666. The van der Waals surface area contributed by atoms with Gasteiger partial charge in [0.15, 0.2) is 0 Å². The average Bonchev–Trinajstić information content (AvgIpc) is 2.99. The van der Waals surface area contributed by atoms with E-state index in [-0.39, 0.29) is 29.5 Å². The molecule has 1 aliphatic rings. The van der Waals surface area contributed by atoms with Crippen LogP contribution in [0.3, 0.4) is 0 Å². The van der Waals surface area contributed by atoms with Crippen LogP contribution in [0.1, 0.15) is 44.0 Å². The van der Waals surface area contributed by atoms with Crippen molar-refractivity contribution in [1.29, 1.82) is 0 Å². The molecule has 40 heavy (non-hydrogen) atoms. The summed E-state index contributed by atoms with van der Waals surface area (Å²) >= 11 is 0. The molecule has 4 heterocycles. The van der Waals surface area contributed by atoms with E-state index in [1.807, 2.05) is 18.2 Å². The lowest BCUT2D eigenvalue weighted by Gasteiger charge is -2.50. The van der Waals surface area contributed by atoms with Crippen molar-refractivity contribution < 1.29 is 9.13 Å². The van der Waals surface area contributed by atoms with E-state index in [1.165, 1.54) is 6.07 Å². The molecule has 5 rings (SSSR count). The first-order chi connectivity index (χ1) is 19.4. The summed E-state index contributed by atoms with van der Waals surface area (Å²) in [6.07, 6.45) is 3.35. The Morgan fingerprint density at radius 1 is 1.10 bits per heavy atom. The third-order valence-corrected chi connectivity index (χ3v) is 7.93. The smallest absolute Gasteiger partial charge is 0.270 e. The van der Waals surface area contributed by atoms with E-state index >= 15 is 0 Å². The molecule has 0 N–H and O–H groups in total. The van der Waals surface area contributed by atoms with Crippen molar-refractivity contribution in [3.63, 3.8) is 0 Å². The molecular weight excluding hydrogens is 507 g/mol. The van der Waals surface area contributed by atoms with E-state index in [9.17, 15) is 9.18 Å². The van der Waals surface area contributed by atoms with Crippen LogP contribution in [0.2, 0.25) is 0 Å². The Morgan fingerprint density at radius 3 is 2.55 bits per heavy atom. The third kappa shape index (κ3) is 5.03. The molecular formula is C31H33FN6O2. The van der Waals surface area contributed by atoms with E-state index in [0.717, 1.165) is 29.8 Å². The number of nitrogens with zero attached hydrogens (tertiary/aromatic N) is 6. The van der Waals surface area contributed by atoms with Crippen LogP contribution < -0.4 is 15.2 Å². The molecule has 0 saturated carbocycles. The number of ether oxygens (including phenoxy) is 1. The maximum Gasteiger partial charge on any atom is 0.270 e. The molecule has 3 aromatic heterocycles. The van der Waals surface area contributed by atoms with Gasteiger partial charge in [0.1, 0.15) is 11.6 Å². The largest absolute Gasteiger partial charge is 0.495 e. The molecule has 206 valence electrons. The van der Waals surface area contributed by atoms with Crippen LogP contribution in [0.5, 0.6) is 5.75 Å². The molecule has 9 heteroatoms. The van der Waals surface area contributed by atoms with Gasteiger partial charge in [0.05, 0.1) is 36.2 Å². The average molecular weight is 541 g/mol. The second-order valence-electron chi connectivity index (χ2n) is 10.1. The molecule has 1 aromatic carbocycles. The van der Waals surface area contributed by atoms with E-state index in [4.69, 9.17) is 16.3 Å². The highest BCUT2D eigenvalue weighted by Crippen LogP contribution is 2.37. The predicted octanol–water partition coefficient (Wildman–Crippen LogP) is 5.50. The van der Waals surface area contributed by atoms with E-state index in [2.05, 4.69) is 33.5 Å². The van der Waals surface area contributed by atoms with Crippen LogP contribution in [0.15, 0.2) is 65.6 Å². The number of piperazine rings is 1. The number of benzene rings is 1. The number of pyridine rings is 3. The molecule has 0 radical (unpaired) electrons. The number of hydrogen-bond acceptors (Lipinski definition) is 6. The normalized spacial score (nSPS) is 18.4. The minimum atomic E-state index is -0.289. The van der Waals surface area contributed by atoms with Gasteiger partial charge in [0, 0.05) is 38.3 Å². The predicted molar refractivity (Wildman–Crippen MR) is 154 cm³/mol. The van der Waals surface area contributed by atoms with Gasteiger partial charge in [-0.2, -0.15) is 0 Å². The standard InChI is InChI=1S/C31H33FN6O2/c1-6-22-19-38(31(20-9-8-10-21(32)15-20)25-12-11-24(40-5)17-34-25)23(7-2)18-37(22)27-16-29(39)36(4)26-13-14-28(33-3)35-30(26)27/h8-17,22-23,31H,6-7,18-19H2,1-2,4-5H3/t22-,23+,31?/m0/s1. The first-order valence-electron chi connectivity index (χ1n) is 13.5. The van der Waals surface area contributed by atoms with Crippen molar-refractivity contribution in [3.8, 4) is 5.75 Å². The van der Waals surface area contributed by atoms with Crippen LogP contribution in [0, 0.1) is 12.4 Å². The minimum Gasteiger partial charge on any atom is -0.495 e. The Hall–Kier alpha value is -4.29. The topological polar surface area (TPSA) is 67.9 Å². The Morgan fingerprint density at radius 2 is 1.90 bits per heavy atom. The van der Waals surface area contributed by atoms with E-state index in [1.54, 1.807) is 55.3 Å². The van der Waals surface area contributed by atoms with Gasteiger partial charge in [0.25, 0.3) is 11.4 Å². The van der Waals surface area contributed by atoms with E-state index in [0.29, 0.717) is 35.7 Å². The van der Waals surface area contributed by atoms with E-state index < -0.39 is 0 Å². The molecule has 4 aromatic rings. The highest BCUT2D eigenvalue weighted by Gasteiger charge is 2.39. The van der Waals surface area contributed by atoms with Crippen molar-refractivity contribution in [2.24, 2.45) is 7.05 Å². The fourth-order valence-electron chi connectivity index (χ4n) is 5.76. The first-order valence-corrected chi connectivity index (χ1v) is 13.5. The van der Waals surface area contributed by atoms with Gasteiger partial charge in [-0.15, -0.1) is 4.98 Å². The van der Waals surface area contributed by atoms with Crippen molar-refractivity contribution in [3.05, 3.63) is 99.6 Å². The number of rotatable bonds is 7. The van der Waals surface area contributed by atoms with Crippen LogP contribution in [0.25, 0.3) is 15.9 Å². The lowest BCUT2D eigenvalue weighted by Crippen LogP contribution is -2.59. The van der Waals surface area contributed by atoms with Gasteiger partial charge in [-0.3, -0.25) is 14.7 Å². The van der Waals surface area contributed by atoms with Crippen molar-refractivity contribution >= 4 is 22.5 Å². The Bertz CT molecular complexity index is 1610. The lowest BCUT2D eigenvalue weighted by atomic mass is 9.93. The van der Waals surface area contributed by atoms with Crippen LogP contribution in [-0.2, 0) is 7.05 Å². The molecule has 0 aliphatic carbocycles. The summed E-state index contributed by atoms with van der Waals surface area (Å²) in [4.78, 5) is 30.6. The summed E-state index contributed by atoms with van der Waals surface area (Å²) in [6, 6.07) is 15.5. The summed E-state index contributed by atoms with van der Waals surface area (Å²) in [6.45, 7) is 13.1. The summed E-state index contributed by atoms with van der Waals surface area (Å²) in [5.41, 5.74) is 3.62. The zero-order valence-corrected chi connectivity index (χ0v) is 23.2. The number of hydrogen-bond donors (Lipinski definition) is 0. The molecule has 3 atom stereocenters. The highest BCUT2D eigenvalue weighted by atomic mass is 19.1. The maximum atomic E-state index is 14.5. The van der Waals surface area contributed by atoms with Crippen LogP contribution >= 0.6 is 0 Å². The molecule has 1 saturated heterocycles. The van der Waals surface area contributed by atoms with Gasteiger partial charge in [0.2, 0.25) is 5.52 Å². The zero-order valence-electron chi connectivity index (χ0n) is 23.2. The van der Waals surface area contributed by atoms with Gasteiger partial charge in [-0.1, -0.05) is 32.6 Å². The molecule has 0 spiro atoms. The number of halogens is 1. The third-order valence-electron chi connectivity index (χ3n) is 7.93. The maximum absolute atomic E-state index is 14.5. The Labute approximate surface area is 233 Å². The highest BCUT2D eigenvalue weighted by molar-refractivity contribution is 5.89. The van der Waals surface area contributed by atoms with Gasteiger partial charge < -0.3 is 19.0 Å². The summed E-state index contributed by atoms with van der Waals surface area (Å²) in [7, 11) is 3.33. The number of aryl methyl sites for hydroxylation is 1. The van der Waals surface area contributed by atoms with Crippen molar-refractivity contribution in [1.82, 2.24) is 19.4 Å². The molecule has 1 unspecified atom stereocenters. The Kier molecular flexibility index (Phi) is 7.81. The number of aromatic nitrogens is 3. The molecule has 8 nitrogen and oxygen atoms in total. The number of methoxy groups -OCH3 is 1. The number of anilines is 1. The van der Waals surface area contributed by atoms with Gasteiger partial charge >= 0.3 is 0 Å². The fraction of sp³-hybridized carbons (Fsp3) is 0.355. The minimum absolute atomic E-state index is 0.0470. The van der Waals surface area contributed by atoms with Gasteiger partial charge in [-0.05, 0) is 54.8 Å². The zero-order chi connectivity index (χ0) is 28.4. The SMILES string of the molecule is [C-]#[N+]c1ccc2c(n1)c(N1C[C@@H](CC)N(C(c3cccc(F)c3)c3ccc(OC)cn3)C[C@@H]1CC)cc(=O)n2C. The van der Waals surface area contributed by atoms with Crippen LogP contribution in [-0.4, -0.2) is 51.7 Å². The monoisotopic (exact) mass is 540 g/mol. The Balaban J connectivity index is 1.61. The van der Waals surface area contributed by atoms with Crippen LogP contribution in [0.4, 0.5) is 15.9 Å². The molecule has 1 aliphatic heterocycles. The molecule has 1 fully saturated rings. The van der Waals surface area contributed by atoms with Crippen molar-refractivity contribution in [2.45, 2.75) is 44.8 Å². The first kappa shape index (κ1) is 27.3. The molecule has 0 bridgehead atoms. The molecule has 0 amide bonds. The summed E-state index contributed by atoms with van der Waals surface area (Å²) < 4.78 is 21.4. The van der Waals surface area contributed by atoms with Crippen molar-refractivity contribution in [2.75, 3.05) is 25.1 Å². The second-order valence-corrected chi connectivity index (χ2v) is 10.1. The number of fused-ring (bicyclic) bond motifs is 1. The fourth-order valence-corrected chi connectivity index (χ4v) is 5.76. The lowest BCUT2D eigenvalue weighted by molar-refractivity contribution is 0.109. The second kappa shape index (κ2) is 11.4. The summed E-state index contributed by atoms with van der Waals surface area (Å²) in [5, 5.41) is 0. The van der Waals surface area contributed by atoms with Gasteiger partial charge in [-0.25, -0.2) is 4.39 Å². The quantitative estimate of drug-likeness (QED) is 0.289.